The molecular weight excluding hydrogens is 391 g/mol. The highest BCUT2D eigenvalue weighted by atomic mass is 19.1. The number of ether oxygens (including phenoxy) is 1. The summed E-state index contributed by atoms with van der Waals surface area (Å²) in [5.41, 5.74) is 2.15. The van der Waals surface area contributed by atoms with Gasteiger partial charge >= 0.3 is 0 Å². The number of benzene rings is 2. The quantitative estimate of drug-likeness (QED) is 0.435. The van der Waals surface area contributed by atoms with E-state index >= 15 is 0 Å². The number of rotatable bonds is 6. The molecule has 0 aliphatic heterocycles. The second-order valence-corrected chi connectivity index (χ2v) is 8.49. The minimum absolute atomic E-state index is 0.0189. The van der Waals surface area contributed by atoms with Crippen LogP contribution in [0.1, 0.15) is 24.8 Å². The van der Waals surface area contributed by atoms with Crippen molar-refractivity contribution in [2.45, 2.75) is 31.4 Å². The molecule has 0 unspecified atom stereocenters. The van der Waals surface area contributed by atoms with E-state index in [-0.39, 0.29) is 11.4 Å². The summed E-state index contributed by atoms with van der Waals surface area (Å²) in [5, 5.41) is 4.81. The van der Waals surface area contributed by atoms with E-state index in [1.807, 2.05) is 59.3 Å². The summed E-state index contributed by atoms with van der Waals surface area (Å²) in [6.07, 6.45) is 3.26. The molecule has 7 rings (SSSR count). The minimum Gasteiger partial charge on any atom is -0.473 e. The van der Waals surface area contributed by atoms with E-state index in [9.17, 15) is 4.39 Å². The van der Waals surface area contributed by atoms with Gasteiger partial charge in [-0.3, -0.25) is 0 Å². The fourth-order valence-corrected chi connectivity index (χ4v) is 4.61. The van der Waals surface area contributed by atoms with Crippen LogP contribution in [0, 0.1) is 11.7 Å². The molecule has 3 saturated carbocycles. The molecule has 0 atom stereocenters. The van der Waals surface area contributed by atoms with E-state index in [4.69, 9.17) is 14.8 Å². The van der Waals surface area contributed by atoms with Crippen LogP contribution >= 0.6 is 0 Å². The first-order chi connectivity index (χ1) is 15.2. The highest BCUT2D eigenvalue weighted by Gasteiger charge is 2.59. The molecular formula is C25H21FN4O. The molecule has 0 saturated heterocycles. The Hall–Kier alpha value is -3.54. The zero-order valence-electron chi connectivity index (χ0n) is 16.9. The van der Waals surface area contributed by atoms with Crippen LogP contribution in [0.25, 0.3) is 22.9 Å². The van der Waals surface area contributed by atoms with Gasteiger partial charge in [0.2, 0.25) is 11.7 Å². The highest BCUT2D eigenvalue weighted by molar-refractivity contribution is 5.61. The maximum Gasteiger partial charge on any atom is 0.214 e. The summed E-state index contributed by atoms with van der Waals surface area (Å²) < 4.78 is 22.4. The van der Waals surface area contributed by atoms with Gasteiger partial charge in [-0.1, -0.05) is 48.5 Å². The first kappa shape index (κ1) is 18.2. The van der Waals surface area contributed by atoms with Crippen LogP contribution in [0.3, 0.4) is 0 Å². The number of hydrogen-bond acceptors (Lipinski definition) is 4. The molecule has 3 aliphatic rings. The highest BCUT2D eigenvalue weighted by Crippen LogP contribution is 2.62. The van der Waals surface area contributed by atoms with Crippen LogP contribution in [-0.2, 0) is 12.1 Å². The zero-order chi connectivity index (χ0) is 20.8. The Labute approximate surface area is 179 Å². The van der Waals surface area contributed by atoms with Gasteiger partial charge in [0.25, 0.3) is 0 Å². The average molecular weight is 412 g/mol. The number of hydrogen-bond donors (Lipinski definition) is 0. The van der Waals surface area contributed by atoms with Crippen molar-refractivity contribution in [3.8, 4) is 28.8 Å². The monoisotopic (exact) mass is 412 g/mol. The molecule has 3 fully saturated rings. The lowest BCUT2D eigenvalue weighted by atomic mass is 9.50. The van der Waals surface area contributed by atoms with Crippen LogP contribution < -0.4 is 4.74 Å². The molecule has 0 amide bonds. The minimum atomic E-state index is -0.290. The predicted molar refractivity (Wildman–Crippen MR) is 115 cm³/mol. The number of aromatic nitrogens is 4. The molecule has 0 N–H and O–H groups in total. The fourth-order valence-electron chi connectivity index (χ4n) is 4.61. The van der Waals surface area contributed by atoms with E-state index in [0.717, 1.165) is 30.7 Å². The molecule has 0 radical (unpaired) electrons. The van der Waals surface area contributed by atoms with Crippen molar-refractivity contribution < 1.29 is 9.13 Å². The molecule has 5 nitrogen and oxygen atoms in total. The van der Waals surface area contributed by atoms with Crippen LogP contribution in [0.4, 0.5) is 4.39 Å². The molecule has 3 aliphatic carbocycles. The molecule has 2 bridgehead atoms. The van der Waals surface area contributed by atoms with Crippen LogP contribution in [0.2, 0.25) is 0 Å². The standard InChI is InChI=1S/C25H21FN4O/c26-20-10-5-4-9-19(20)24-28-23(29-30(24)25-13-18(14-25)15-25)21-11-6-12-22(27-21)31-16-17-7-2-1-3-8-17/h1-12,18H,13-16H2. The molecule has 2 heterocycles. The third-order valence-electron chi connectivity index (χ3n) is 6.36. The third kappa shape index (κ3) is 3.10. The van der Waals surface area contributed by atoms with Gasteiger partial charge in [0, 0.05) is 6.07 Å². The summed E-state index contributed by atoms with van der Waals surface area (Å²) in [6.45, 7) is 0.435. The molecule has 2 aromatic carbocycles. The average Bonchev–Trinajstić information content (AvgIpc) is 3.16. The Kier molecular flexibility index (Phi) is 4.13. The summed E-state index contributed by atoms with van der Waals surface area (Å²) in [6, 6.07) is 22.3. The third-order valence-corrected chi connectivity index (χ3v) is 6.36. The van der Waals surface area contributed by atoms with Gasteiger partial charge in [-0.25, -0.2) is 19.0 Å². The van der Waals surface area contributed by atoms with Gasteiger partial charge in [-0.05, 0) is 48.9 Å². The van der Waals surface area contributed by atoms with Crippen molar-refractivity contribution >= 4 is 0 Å². The van der Waals surface area contributed by atoms with E-state index < -0.39 is 0 Å². The summed E-state index contributed by atoms with van der Waals surface area (Å²) >= 11 is 0. The van der Waals surface area contributed by atoms with E-state index in [1.165, 1.54) is 6.07 Å². The number of nitrogens with zero attached hydrogens (tertiary/aromatic N) is 4. The zero-order valence-corrected chi connectivity index (χ0v) is 16.9. The van der Waals surface area contributed by atoms with Gasteiger partial charge in [-0.15, -0.1) is 5.10 Å². The van der Waals surface area contributed by atoms with Crippen molar-refractivity contribution in [2.24, 2.45) is 5.92 Å². The Bertz CT molecular complexity index is 1240. The normalized spacial score (nSPS) is 21.3. The van der Waals surface area contributed by atoms with Gasteiger partial charge in [0.05, 0.1) is 11.1 Å². The van der Waals surface area contributed by atoms with Crippen LogP contribution in [0.5, 0.6) is 5.88 Å². The van der Waals surface area contributed by atoms with Crippen LogP contribution in [-0.4, -0.2) is 19.7 Å². The number of halogens is 1. The molecule has 4 aromatic rings. The van der Waals surface area contributed by atoms with Crippen molar-refractivity contribution in [3.05, 3.63) is 84.2 Å². The number of pyridine rings is 1. The Morgan fingerprint density at radius 3 is 2.42 bits per heavy atom. The fraction of sp³-hybridized carbons (Fsp3) is 0.240. The van der Waals surface area contributed by atoms with Gasteiger partial charge < -0.3 is 4.74 Å². The first-order valence-electron chi connectivity index (χ1n) is 10.6. The Morgan fingerprint density at radius 1 is 0.903 bits per heavy atom. The van der Waals surface area contributed by atoms with Crippen molar-refractivity contribution in [2.75, 3.05) is 0 Å². The van der Waals surface area contributed by atoms with E-state index in [2.05, 4.69) is 4.98 Å². The SMILES string of the molecule is Fc1ccccc1-c1nc(-c2cccc(OCc3ccccc3)n2)nn1C12CC(C1)C2. The summed E-state index contributed by atoms with van der Waals surface area (Å²) in [7, 11) is 0. The van der Waals surface area contributed by atoms with Crippen molar-refractivity contribution in [3.63, 3.8) is 0 Å². The molecule has 31 heavy (non-hydrogen) atoms. The van der Waals surface area contributed by atoms with E-state index in [0.29, 0.717) is 35.4 Å². The Morgan fingerprint density at radius 2 is 1.68 bits per heavy atom. The second kappa shape index (κ2) is 7.01. The summed E-state index contributed by atoms with van der Waals surface area (Å²) in [5.74, 6) is 2.06. The molecule has 0 spiro atoms. The van der Waals surface area contributed by atoms with Crippen molar-refractivity contribution in [1.29, 1.82) is 0 Å². The smallest absolute Gasteiger partial charge is 0.214 e. The molecule has 154 valence electrons. The second-order valence-electron chi connectivity index (χ2n) is 8.49. The first-order valence-corrected chi connectivity index (χ1v) is 10.6. The topological polar surface area (TPSA) is 52.8 Å². The van der Waals surface area contributed by atoms with Gasteiger partial charge in [0.1, 0.15) is 18.1 Å². The van der Waals surface area contributed by atoms with Gasteiger partial charge in [-0.2, -0.15) is 0 Å². The summed E-state index contributed by atoms with van der Waals surface area (Å²) in [4.78, 5) is 9.35. The van der Waals surface area contributed by atoms with Crippen molar-refractivity contribution in [1.82, 2.24) is 19.7 Å². The lowest BCUT2D eigenvalue weighted by molar-refractivity contribution is -0.0965. The maximum absolute atomic E-state index is 14.6. The molecule has 2 aromatic heterocycles. The van der Waals surface area contributed by atoms with E-state index in [1.54, 1.807) is 12.1 Å². The van der Waals surface area contributed by atoms with Crippen LogP contribution in [0.15, 0.2) is 72.8 Å². The largest absolute Gasteiger partial charge is 0.473 e. The van der Waals surface area contributed by atoms with Gasteiger partial charge in [0.15, 0.2) is 5.82 Å². The lowest BCUT2D eigenvalue weighted by Crippen LogP contribution is -2.59. The Balaban J connectivity index is 1.35. The lowest BCUT2D eigenvalue weighted by Gasteiger charge is -2.61. The predicted octanol–water partition coefficient (Wildman–Crippen LogP) is 5.23. The molecule has 6 heteroatoms. The maximum atomic E-state index is 14.6.